The second-order valence-electron chi connectivity index (χ2n) is 7.17. The average Bonchev–Trinajstić information content (AvgIpc) is 3.34. The van der Waals surface area contributed by atoms with Crippen molar-refractivity contribution < 1.29 is 27.5 Å². The van der Waals surface area contributed by atoms with Crippen LogP contribution in [0.25, 0.3) is 0 Å². The van der Waals surface area contributed by atoms with Crippen molar-refractivity contribution in [2.75, 3.05) is 31.6 Å². The van der Waals surface area contributed by atoms with Crippen LogP contribution in [0, 0.1) is 0 Å². The van der Waals surface area contributed by atoms with Gasteiger partial charge in [-0.25, -0.2) is 13.2 Å². The van der Waals surface area contributed by atoms with Crippen LogP contribution in [0.15, 0.2) is 53.4 Å². The van der Waals surface area contributed by atoms with Gasteiger partial charge in [0.25, 0.3) is 0 Å². The highest BCUT2D eigenvalue weighted by molar-refractivity contribution is 7.89. The molecule has 0 bridgehead atoms. The van der Waals surface area contributed by atoms with Gasteiger partial charge in [0.1, 0.15) is 23.8 Å². The van der Waals surface area contributed by atoms with Gasteiger partial charge >= 0.3 is 6.09 Å². The quantitative estimate of drug-likeness (QED) is 0.594. The number of nitrogens with zero attached hydrogens (tertiary/aromatic N) is 1. The fourth-order valence-corrected chi connectivity index (χ4v) is 4.94. The van der Waals surface area contributed by atoms with Gasteiger partial charge in [-0.05, 0) is 43.5 Å². The lowest BCUT2D eigenvalue weighted by Gasteiger charge is -2.19. The van der Waals surface area contributed by atoms with Gasteiger partial charge in [-0.2, -0.15) is 4.31 Å². The van der Waals surface area contributed by atoms with Gasteiger partial charge in [-0.3, -0.25) is 4.79 Å². The van der Waals surface area contributed by atoms with E-state index in [2.05, 4.69) is 10.6 Å². The summed E-state index contributed by atoms with van der Waals surface area (Å²) in [7, 11) is -3.74. The van der Waals surface area contributed by atoms with Crippen molar-refractivity contribution in [3.8, 4) is 5.75 Å². The van der Waals surface area contributed by atoms with E-state index in [1.807, 2.05) is 30.3 Å². The third-order valence-corrected chi connectivity index (χ3v) is 6.74. The van der Waals surface area contributed by atoms with Crippen LogP contribution in [-0.4, -0.2) is 51.0 Å². The number of benzene rings is 2. The Bertz CT molecular complexity index is 1040. The molecule has 1 aliphatic rings. The van der Waals surface area contributed by atoms with Crippen LogP contribution in [0.2, 0.25) is 0 Å². The minimum absolute atomic E-state index is 0.00859. The zero-order valence-electron chi connectivity index (χ0n) is 17.9. The van der Waals surface area contributed by atoms with Gasteiger partial charge in [-0.15, -0.1) is 0 Å². The monoisotopic (exact) mass is 461 g/mol. The number of hydrogen-bond acceptors (Lipinski definition) is 6. The van der Waals surface area contributed by atoms with E-state index in [-0.39, 0.29) is 29.5 Å². The Hall–Kier alpha value is -3.11. The zero-order chi connectivity index (χ0) is 23.0. The van der Waals surface area contributed by atoms with E-state index in [4.69, 9.17) is 9.47 Å². The van der Waals surface area contributed by atoms with E-state index in [0.29, 0.717) is 19.7 Å². The highest BCUT2D eigenvalue weighted by Crippen LogP contribution is 2.31. The molecule has 1 heterocycles. The Labute approximate surface area is 187 Å². The Kier molecular flexibility index (Phi) is 8.07. The maximum atomic E-state index is 13.0. The lowest BCUT2D eigenvalue weighted by molar-refractivity contribution is -0.115. The first-order valence-electron chi connectivity index (χ1n) is 10.4. The number of alkyl carbamates (subject to hydrolysis) is 1. The summed E-state index contributed by atoms with van der Waals surface area (Å²) in [5.74, 6) is -0.282. The average molecular weight is 462 g/mol. The molecule has 0 spiro atoms. The van der Waals surface area contributed by atoms with Crippen LogP contribution >= 0.6 is 0 Å². The Morgan fingerprint density at radius 2 is 1.78 bits per heavy atom. The van der Waals surface area contributed by atoms with Crippen molar-refractivity contribution in [2.45, 2.75) is 31.3 Å². The molecule has 2 N–H and O–H groups in total. The molecule has 1 fully saturated rings. The molecular weight excluding hydrogens is 434 g/mol. The van der Waals surface area contributed by atoms with E-state index in [1.54, 1.807) is 13.0 Å². The third-order valence-electron chi connectivity index (χ3n) is 4.82. The van der Waals surface area contributed by atoms with Gasteiger partial charge < -0.3 is 20.1 Å². The Morgan fingerprint density at radius 3 is 2.47 bits per heavy atom. The summed E-state index contributed by atoms with van der Waals surface area (Å²) in [6.07, 6.45) is 0.894. The minimum Gasteiger partial charge on any atom is -0.492 e. The van der Waals surface area contributed by atoms with E-state index >= 15 is 0 Å². The normalized spacial score (nSPS) is 14.0. The SMILES string of the molecule is CCOc1ccc(NC(=O)CNC(=O)OCc2ccccc2)cc1S(=O)(=O)N1CCCC1. The number of anilines is 1. The topological polar surface area (TPSA) is 114 Å². The van der Waals surface area contributed by atoms with Crippen molar-refractivity contribution in [3.05, 3.63) is 54.1 Å². The first kappa shape index (κ1) is 23.6. The maximum absolute atomic E-state index is 13.0. The first-order chi connectivity index (χ1) is 15.4. The molecule has 0 atom stereocenters. The molecule has 3 rings (SSSR count). The molecule has 2 aromatic carbocycles. The summed E-state index contributed by atoms with van der Waals surface area (Å²) in [6, 6.07) is 13.6. The van der Waals surface area contributed by atoms with Crippen molar-refractivity contribution >= 4 is 27.7 Å². The smallest absolute Gasteiger partial charge is 0.407 e. The van der Waals surface area contributed by atoms with Crippen LogP contribution in [0.3, 0.4) is 0 Å². The molecule has 2 aromatic rings. The molecule has 172 valence electrons. The predicted octanol–water partition coefficient (Wildman–Crippen LogP) is 2.73. The highest BCUT2D eigenvalue weighted by atomic mass is 32.2. The summed E-state index contributed by atoms with van der Waals surface area (Å²) >= 11 is 0. The van der Waals surface area contributed by atoms with E-state index in [9.17, 15) is 18.0 Å². The number of carbonyl (C=O) groups excluding carboxylic acids is 2. The summed E-state index contributed by atoms with van der Waals surface area (Å²) < 4.78 is 38.0. The van der Waals surface area contributed by atoms with E-state index in [1.165, 1.54) is 16.4 Å². The molecule has 0 radical (unpaired) electrons. The number of hydrogen-bond donors (Lipinski definition) is 2. The minimum atomic E-state index is -3.74. The summed E-state index contributed by atoms with van der Waals surface area (Å²) in [5.41, 5.74) is 1.11. The second kappa shape index (κ2) is 11.0. The van der Waals surface area contributed by atoms with Gasteiger partial charge in [0.05, 0.1) is 6.61 Å². The lowest BCUT2D eigenvalue weighted by atomic mass is 10.2. The summed E-state index contributed by atoms with van der Waals surface area (Å²) in [4.78, 5) is 24.1. The lowest BCUT2D eigenvalue weighted by Crippen LogP contribution is -2.33. The number of rotatable bonds is 9. The van der Waals surface area contributed by atoms with Crippen LogP contribution in [0.5, 0.6) is 5.75 Å². The van der Waals surface area contributed by atoms with Crippen molar-refractivity contribution in [2.24, 2.45) is 0 Å². The molecule has 2 amide bonds. The summed E-state index contributed by atoms with van der Waals surface area (Å²) in [6.45, 7) is 2.76. The second-order valence-corrected chi connectivity index (χ2v) is 9.08. The third kappa shape index (κ3) is 6.21. The molecule has 1 saturated heterocycles. The molecule has 9 nitrogen and oxygen atoms in total. The highest BCUT2D eigenvalue weighted by Gasteiger charge is 2.30. The predicted molar refractivity (Wildman–Crippen MR) is 119 cm³/mol. The molecule has 0 unspecified atom stereocenters. The van der Waals surface area contributed by atoms with Gasteiger partial charge in [0.2, 0.25) is 15.9 Å². The molecule has 0 aromatic heterocycles. The molecule has 32 heavy (non-hydrogen) atoms. The van der Waals surface area contributed by atoms with E-state index < -0.39 is 22.0 Å². The fourth-order valence-electron chi connectivity index (χ4n) is 3.26. The number of sulfonamides is 1. The molecular formula is C22H27N3O6S. The van der Waals surface area contributed by atoms with Gasteiger partial charge in [0, 0.05) is 18.8 Å². The number of amides is 2. The number of nitrogens with one attached hydrogen (secondary N) is 2. The number of ether oxygens (including phenoxy) is 2. The Balaban J connectivity index is 1.60. The van der Waals surface area contributed by atoms with Gasteiger partial charge in [-0.1, -0.05) is 30.3 Å². The molecule has 10 heteroatoms. The fraction of sp³-hybridized carbons (Fsp3) is 0.364. The zero-order valence-corrected chi connectivity index (χ0v) is 18.7. The molecule has 0 saturated carbocycles. The Morgan fingerprint density at radius 1 is 1.06 bits per heavy atom. The van der Waals surface area contributed by atoms with Crippen molar-refractivity contribution in [1.29, 1.82) is 0 Å². The van der Waals surface area contributed by atoms with Crippen LogP contribution in [0.1, 0.15) is 25.3 Å². The largest absolute Gasteiger partial charge is 0.492 e. The van der Waals surface area contributed by atoms with Crippen LogP contribution in [0.4, 0.5) is 10.5 Å². The van der Waals surface area contributed by atoms with Crippen LogP contribution < -0.4 is 15.4 Å². The number of carbonyl (C=O) groups is 2. The standard InChI is InChI=1S/C22H27N3O6S/c1-2-30-19-11-10-18(14-20(19)32(28,29)25-12-6-7-13-25)24-21(26)15-23-22(27)31-16-17-8-4-3-5-9-17/h3-5,8-11,14H,2,6-7,12-13,15-16H2,1H3,(H,23,27)(H,24,26). The van der Waals surface area contributed by atoms with E-state index in [0.717, 1.165) is 18.4 Å². The maximum Gasteiger partial charge on any atom is 0.407 e. The molecule has 1 aliphatic heterocycles. The van der Waals surface area contributed by atoms with Crippen LogP contribution in [-0.2, 0) is 26.2 Å². The molecule has 0 aliphatic carbocycles. The van der Waals surface area contributed by atoms with Crippen molar-refractivity contribution in [3.63, 3.8) is 0 Å². The van der Waals surface area contributed by atoms with Gasteiger partial charge in [0.15, 0.2) is 0 Å². The summed E-state index contributed by atoms with van der Waals surface area (Å²) in [5, 5.41) is 4.97. The van der Waals surface area contributed by atoms with Crippen molar-refractivity contribution in [1.82, 2.24) is 9.62 Å². The first-order valence-corrected chi connectivity index (χ1v) is 11.9.